The summed E-state index contributed by atoms with van der Waals surface area (Å²) in [6, 6.07) is 2.72. The molecule has 3 nitrogen and oxygen atoms in total. The Balaban J connectivity index is 1.90. The summed E-state index contributed by atoms with van der Waals surface area (Å²) >= 11 is 6.03. The number of rotatable bonds is 4. The maximum atomic E-state index is 6.03. The Kier molecular flexibility index (Phi) is 4.46. The molecule has 0 bridgehead atoms. The highest BCUT2D eigenvalue weighted by molar-refractivity contribution is 6.18. The van der Waals surface area contributed by atoms with Gasteiger partial charge in [-0.25, -0.2) is 0 Å². The Labute approximate surface area is 109 Å². The third kappa shape index (κ3) is 3.23. The maximum absolute atomic E-state index is 6.03. The molecule has 0 radical (unpaired) electrons. The molecule has 1 aliphatic carbocycles. The molecule has 1 aromatic rings. The molecule has 1 aromatic heterocycles. The van der Waals surface area contributed by atoms with Crippen LogP contribution in [0.5, 0.6) is 0 Å². The molecule has 0 aliphatic heterocycles. The van der Waals surface area contributed by atoms with Crippen molar-refractivity contribution in [1.82, 2.24) is 15.1 Å². The molecule has 0 aromatic carbocycles. The summed E-state index contributed by atoms with van der Waals surface area (Å²) in [6.45, 7) is 2.93. The molecule has 2 unspecified atom stereocenters. The first-order valence-corrected chi connectivity index (χ1v) is 7.03. The molecular formula is C13H22ClN3. The second-order valence-corrected chi connectivity index (χ2v) is 5.40. The summed E-state index contributed by atoms with van der Waals surface area (Å²) in [5.74, 6) is 1.42. The van der Waals surface area contributed by atoms with Gasteiger partial charge in [0.1, 0.15) is 0 Å². The topological polar surface area (TPSA) is 29.9 Å². The smallest absolute Gasteiger partial charge is 0.0597 e. The van der Waals surface area contributed by atoms with Crippen LogP contribution in [0.4, 0.5) is 0 Å². The lowest BCUT2D eigenvalue weighted by molar-refractivity contribution is 0.280. The zero-order valence-corrected chi connectivity index (χ0v) is 11.5. The minimum Gasteiger partial charge on any atom is -0.308 e. The number of halogens is 1. The lowest BCUT2D eigenvalue weighted by Gasteiger charge is -2.31. The van der Waals surface area contributed by atoms with Crippen molar-refractivity contribution < 1.29 is 0 Å². The van der Waals surface area contributed by atoms with Crippen LogP contribution >= 0.6 is 11.6 Å². The van der Waals surface area contributed by atoms with Crippen molar-refractivity contribution in [2.24, 2.45) is 13.0 Å². The van der Waals surface area contributed by atoms with Crippen LogP contribution in [0.15, 0.2) is 6.07 Å². The Morgan fingerprint density at radius 1 is 1.47 bits per heavy atom. The molecule has 96 valence electrons. The highest BCUT2D eigenvalue weighted by Gasteiger charge is 2.23. The van der Waals surface area contributed by atoms with Gasteiger partial charge in [-0.2, -0.15) is 5.10 Å². The predicted octanol–water partition coefficient (Wildman–Crippen LogP) is 2.62. The molecular weight excluding hydrogens is 234 g/mol. The van der Waals surface area contributed by atoms with Gasteiger partial charge in [0.2, 0.25) is 0 Å². The van der Waals surface area contributed by atoms with E-state index in [2.05, 4.69) is 16.5 Å². The zero-order valence-electron chi connectivity index (χ0n) is 10.7. The first-order valence-electron chi connectivity index (χ1n) is 6.49. The van der Waals surface area contributed by atoms with Crippen LogP contribution in [0.1, 0.15) is 37.1 Å². The number of nitrogens with zero attached hydrogens (tertiary/aromatic N) is 2. The van der Waals surface area contributed by atoms with Crippen molar-refractivity contribution in [3.05, 3.63) is 17.5 Å². The summed E-state index contributed by atoms with van der Waals surface area (Å²) in [5, 5.41) is 8.01. The van der Waals surface area contributed by atoms with Gasteiger partial charge in [0, 0.05) is 25.5 Å². The largest absolute Gasteiger partial charge is 0.308 e. The van der Waals surface area contributed by atoms with Crippen molar-refractivity contribution in [2.45, 2.75) is 45.2 Å². The average Bonchev–Trinajstić information content (AvgIpc) is 2.65. The van der Waals surface area contributed by atoms with E-state index in [0.29, 0.717) is 12.0 Å². The Morgan fingerprint density at radius 3 is 2.88 bits per heavy atom. The second kappa shape index (κ2) is 5.87. The van der Waals surface area contributed by atoms with Crippen LogP contribution in [0, 0.1) is 12.8 Å². The number of hydrogen-bond acceptors (Lipinski definition) is 2. The van der Waals surface area contributed by atoms with Gasteiger partial charge in [-0.05, 0) is 31.7 Å². The maximum Gasteiger partial charge on any atom is 0.0597 e. The second-order valence-electron chi connectivity index (χ2n) is 5.09. The molecule has 1 fully saturated rings. The minimum atomic E-state index is 0.580. The fourth-order valence-corrected chi connectivity index (χ4v) is 3.10. The van der Waals surface area contributed by atoms with E-state index >= 15 is 0 Å². The Morgan fingerprint density at radius 2 is 2.24 bits per heavy atom. The summed E-state index contributed by atoms with van der Waals surface area (Å²) in [7, 11) is 2.00. The van der Waals surface area contributed by atoms with Gasteiger partial charge in [0.05, 0.1) is 11.4 Å². The average molecular weight is 256 g/mol. The predicted molar refractivity (Wildman–Crippen MR) is 71.3 cm³/mol. The van der Waals surface area contributed by atoms with Crippen molar-refractivity contribution >= 4 is 11.6 Å². The van der Waals surface area contributed by atoms with Crippen molar-refractivity contribution in [3.8, 4) is 0 Å². The first-order chi connectivity index (χ1) is 8.20. The van der Waals surface area contributed by atoms with E-state index in [1.54, 1.807) is 0 Å². The van der Waals surface area contributed by atoms with Crippen LogP contribution in [0.2, 0.25) is 0 Å². The minimum absolute atomic E-state index is 0.580. The highest BCUT2D eigenvalue weighted by Crippen LogP contribution is 2.25. The fraction of sp³-hybridized carbons (Fsp3) is 0.769. The molecule has 1 N–H and O–H groups in total. The number of alkyl halides is 1. The molecule has 1 heterocycles. The molecule has 0 saturated heterocycles. The van der Waals surface area contributed by atoms with Crippen LogP contribution < -0.4 is 5.32 Å². The SMILES string of the molecule is Cc1cc(CNC2CCCCC2CCl)n(C)n1. The summed E-state index contributed by atoms with van der Waals surface area (Å²) in [4.78, 5) is 0. The van der Waals surface area contributed by atoms with E-state index in [0.717, 1.165) is 18.1 Å². The molecule has 1 saturated carbocycles. The monoisotopic (exact) mass is 255 g/mol. The van der Waals surface area contributed by atoms with Crippen LogP contribution in [0.3, 0.4) is 0 Å². The molecule has 17 heavy (non-hydrogen) atoms. The fourth-order valence-electron chi connectivity index (χ4n) is 2.73. The quantitative estimate of drug-likeness (QED) is 0.839. The van der Waals surface area contributed by atoms with E-state index in [4.69, 9.17) is 11.6 Å². The number of nitrogens with one attached hydrogen (secondary N) is 1. The third-order valence-electron chi connectivity index (χ3n) is 3.75. The van der Waals surface area contributed by atoms with Gasteiger partial charge in [0.25, 0.3) is 0 Å². The van der Waals surface area contributed by atoms with Crippen molar-refractivity contribution in [3.63, 3.8) is 0 Å². The van der Waals surface area contributed by atoms with E-state index < -0.39 is 0 Å². The van der Waals surface area contributed by atoms with Gasteiger partial charge >= 0.3 is 0 Å². The molecule has 2 atom stereocenters. The molecule has 0 spiro atoms. The van der Waals surface area contributed by atoms with Gasteiger partial charge in [-0.1, -0.05) is 12.8 Å². The summed E-state index contributed by atoms with van der Waals surface area (Å²) < 4.78 is 1.96. The molecule has 1 aliphatic rings. The van der Waals surface area contributed by atoms with Gasteiger partial charge in [-0.3, -0.25) is 4.68 Å². The first kappa shape index (κ1) is 12.9. The van der Waals surface area contributed by atoms with Gasteiger partial charge < -0.3 is 5.32 Å². The lowest BCUT2D eigenvalue weighted by Crippen LogP contribution is -2.39. The van der Waals surface area contributed by atoms with E-state index in [9.17, 15) is 0 Å². The van der Waals surface area contributed by atoms with E-state index in [1.165, 1.54) is 31.4 Å². The standard InChI is InChI=1S/C13H22ClN3/c1-10-7-12(17(2)16-10)9-15-13-6-4-3-5-11(13)8-14/h7,11,13,15H,3-6,8-9H2,1-2H3. The van der Waals surface area contributed by atoms with Crippen molar-refractivity contribution in [1.29, 1.82) is 0 Å². The zero-order chi connectivity index (χ0) is 12.3. The molecule has 0 amide bonds. The summed E-state index contributed by atoms with van der Waals surface area (Å²) in [6.07, 6.45) is 5.19. The number of aromatic nitrogens is 2. The Bertz CT molecular complexity index is 362. The lowest BCUT2D eigenvalue weighted by atomic mass is 9.86. The van der Waals surface area contributed by atoms with E-state index in [-0.39, 0.29) is 0 Å². The molecule has 4 heteroatoms. The van der Waals surface area contributed by atoms with Crippen molar-refractivity contribution in [2.75, 3.05) is 5.88 Å². The highest BCUT2D eigenvalue weighted by atomic mass is 35.5. The van der Waals surface area contributed by atoms with Gasteiger partial charge in [-0.15, -0.1) is 11.6 Å². The van der Waals surface area contributed by atoms with Crippen LogP contribution in [-0.2, 0) is 13.6 Å². The Hall–Kier alpha value is -0.540. The van der Waals surface area contributed by atoms with Crippen LogP contribution in [-0.4, -0.2) is 21.7 Å². The number of aryl methyl sites for hydroxylation is 2. The normalized spacial score (nSPS) is 25.1. The third-order valence-corrected chi connectivity index (χ3v) is 4.15. The summed E-state index contributed by atoms with van der Waals surface area (Å²) in [5.41, 5.74) is 2.34. The van der Waals surface area contributed by atoms with Crippen LogP contribution in [0.25, 0.3) is 0 Å². The van der Waals surface area contributed by atoms with E-state index in [1.807, 2.05) is 18.7 Å². The number of hydrogen-bond donors (Lipinski definition) is 1. The van der Waals surface area contributed by atoms with Gasteiger partial charge in [0.15, 0.2) is 0 Å². The molecule has 2 rings (SSSR count).